The fourth-order valence-electron chi connectivity index (χ4n) is 2.39. The van der Waals surface area contributed by atoms with Crippen LogP contribution in [0.4, 0.5) is 15.2 Å². The van der Waals surface area contributed by atoms with Gasteiger partial charge in [-0.25, -0.2) is 9.37 Å². The number of hydrogen-bond donors (Lipinski definition) is 1. The SMILES string of the molecule is CCN(C(=O)Cc1csc(NC(=O)c2ccco2)n1)c1ccc(F)cc1. The lowest BCUT2D eigenvalue weighted by atomic mass is 10.2. The summed E-state index contributed by atoms with van der Waals surface area (Å²) in [6, 6.07) is 8.93. The van der Waals surface area contributed by atoms with Gasteiger partial charge in [-0.2, -0.15) is 0 Å². The molecule has 6 nitrogen and oxygen atoms in total. The molecule has 134 valence electrons. The Morgan fingerprint density at radius 2 is 2.04 bits per heavy atom. The van der Waals surface area contributed by atoms with Crippen molar-refractivity contribution in [1.29, 1.82) is 0 Å². The van der Waals surface area contributed by atoms with Gasteiger partial charge in [-0.15, -0.1) is 11.3 Å². The van der Waals surface area contributed by atoms with Crippen LogP contribution in [0.1, 0.15) is 23.2 Å². The van der Waals surface area contributed by atoms with Crippen molar-refractivity contribution in [3.8, 4) is 0 Å². The Bertz CT molecular complexity index is 891. The maximum absolute atomic E-state index is 13.1. The summed E-state index contributed by atoms with van der Waals surface area (Å²) in [5.74, 6) is -0.725. The topological polar surface area (TPSA) is 75.4 Å². The lowest BCUT2D eigenvalue weighted by molar-refractivity contribution is -0.118. The molecule has 2 heterocycles. The number of thiazole rings is 1. The second kappa shape index (κ2) is 7.92. The van der Waals surface area contributed by atoms with E-state index in [1.165, 1.54) is 29.7 Å². The molecule has 0 aliphatic carbocycles. The molecule has 0 aliphatic rings. The number of benzene rings is 1. The van der Waals surface area contributed by atoms with Crippen LogP contribution in [-0.2, 0) is 11.2 Å². The Morgan fingerprint density at radius 3 is 2.69 bits per heavy atom. The van der Waals surface area contributed by atoms with Gasteiger partial charge in [-0.05, 0) is 43.3 Å². The van der Waals surface area contributed by atoms with E-state index in [-0.39, 0.29) is 23.9 Å². The van der Waals surface area contributed by atoms with E-state index in [9.17, 15) is 14.0 Å². The number of hydrogen-bond acceptors (Lipinski definition) is 5. The average Bonchev–Trinajstić information content (AvgIpc) is 3.29. The summed E-state index contributed by atoms with van der Waals surface area (Å²) < 4.78 is 18.1. The predicted molar refractivity (Wildman–Crippen MR) is 96.9 cm³/mol. The van der Waals surface area contributed by atoms with Crippen molar-refractivity contribution < 1.29 is 18.4 Å². The first-order chi connectivity index (χ1) is 12.6. The summed E-state index contributed by atoms with van der Waals surface area (Å²) in [6.45, 7) is 2.30. The van der Waals surface area contributed by atoms with Crippen LogP contribution < -0.4 is 10.2 Å². The highest BCUT2D eigenvalue weighted by atomic mass is 32.1. The molecule has 0 unspecified atom stereocenters. The number of likely N-dealkylation sites (N-methyl/N-ethyl adjacent to an activating group) is 1. The second-order valence-electron chi connectivity index (χ2n) is 5.37. The molecule has 0 atom stereocenters. The van der Waals surface area contributed by atoms with Crippen LogP contribution in [0.2, 0.25) is 0 Å². The number of amides is 2. The van der Waals surface area contributed by atoms with Crippen molar-refractivity contribution in [3.05, 3.63) is 65.3 Å². The quantitative estimate of drug-likeness (QED) is 0.714. The third-order valence-electron chi connectivity index (χ3n) is 3.61. The smallest absolute Gasteiger partial charge is 0.293 e. The summed E-state index contributed by atoms with van der Waals surface area (Å²) in [6.07, 6.45) is 1.49. The Hall–Kier alpha value is -3.00. The lowest BCUT2D eigenvalue weighted by Crippen LogP contribution is -2.32. The molecule has 1 N–H and O–H groups in total. The van der Waals surface area contributed by atoms with Gasteiger partial charge in [0.05, 0.1) is 18.4 Å². The first-order valence-corrected chi connectivity index (χ1v) is 8.80. The molecule has 0 aliphatic heterocycles. The minimum atomic E-state index is -0.399. The summed E-state index contributed by atoms with van der Waals surface area (Å²) >= 11 is 1.23. The van der Waals surface area contributed by atoms with E-state index in [0.29, 0.717) is 23.1 Å². The Kier molecular flexibility index (Phi) is 5.43. The van der Waals surface area contributed by atoms with Gasteiger partial charge in [0.25, 0.3) is 5.91 Å². The van der Waals surface area contributed by atoms with Crippen molar-refractivity contribution in [2.45, 2.75) is 13.3 Å². The van der Waals surface area contributed by atoms with Crippen molar-refractivity contribution in [2.24, 2.45) is 0 Å². The molecule has 2 amide bonds. The van der Waals surface area contributed by atoms with E-state index in [4.69, 9.17) is 4.42 Å². The molecule has 3 aromatic rings. The van der Waals surface area contributed by atoms with Crippen LogP contribution >= 0.6 is 11.3 Å². The van der Waals surface area contributed by atoms with E-state index in [1.54, 1.807) is 34.5 Å². The van der Waals surface area contributed by atoms with Crippen molar-refractivity contribution >= 4 is 34.0 Å². The molecule has 1 aromatic carbocycles. The van der Waals surface area contributed by atoms with Gasteiger partial charge in [-0.1, -0.05) is 0 Å². The average molecular weight is 373 g/mol. The summed E-state index contributed by atoms with van der Waals surface area (Å²) in [5.41, 5.74) is 1.18. The number of halogens is 1. The van der Waals surface area contributed by atoms with E-state index < -0.39 is 5.91 Å². The van der Waals surface area contributed by atoms with Gasteiger partial charge in [-0.3, -0.25) is 14.9 Å². The van der Waals surface area contributed by atoms with Gasteiger partial charge in [0.2, 0.25) is 5.91 Å². The molecule has 0 saturated carbocycles. The van der Waals surface area contributed by atoms with Gasteiger partial charge < -0.3 is 9.32 Å². The third kappa shape index (κ3) is 4.15. The minimum Gasteiger partial charge on any atom is -0.459 e. The molecule has 0 radical (unpaired) electrons. The molecule has 0 fully saturated rings. The number of furan rings is 1. The van der Waals surface area contributed by atoms with Crippen molar-refractivity contribution in [1.82, 2.24) is 4.98 Å². The molecule has 3 rings (SSSR count). The molecule has 8 heteroatoms. The summed E-state index contributed by atoms with van der Waals surface area (Å²) in [7, 11) is 0. The normalized spacial score (nSPS) is 10.5. The zero-order valence-corrected chi connectivity index (χ0v) is 14.8. The van der Waals surface area contributed by atoms with E-state index in [2.05, 4.69) is 10.3 Å². The van der Waals surface area contributed by atoms with E-state index >= 15 is 0 Å². The number of carbonyl (C=O) groups excluding carboxylic acids is 2. The molecule has 26 heavy (non-hydrogen) atoms. The zero-order valence-electron chi connectivity index (χ0n) is 13.9. The van der Waals surface area contributed by atoms with Gasteiger partial charge in [0.15, 0.2) is 10.9 Å². The Labute approximate surface area is 153 Å². The van der Waals surface area contributed by atoms with Crippen LogP contribution in [0.3, 0.4) is 0 Å². The highest BCUT2D eigenvalue weighted by Gasteiger charge is 2.17. The standard InChI is InChI=1S/C18H16FN3O3S/c1-2-22(14-7-5-12(19)6-8-14)16(23)10-13-11-26-18(20-13)21-17(24)15-4-3-9-25-15/h3-9,11H,2,10H2,1H3,(H,20,21,24). The van der Waals surface area contributed by atoms with Crippen molar-refractivity contribution in [2.75, 3.05) is 16.8 Å². The highest BCUT2D eigenvalue weighted by molar-refractivity contribution is 7.14. The number of carbonyl (C=O) groups is 2. The molecule has 0 spiro atoms. The zero-order chi connectivity index (χ0) is 18.5. The molecular weight excluding hydrogens is 357 g/mol. The maximum Gasteiger partial charge on any atom is 0.293 e. The van der Waals surface area contributed by atoms with Crippen LogP contribution in [-0.4, -0.2) is 23.3 Å². The van der Waals surface area contributed by atoms with Crippen LogP contribution in [0.25, 0.3) is 0 Å². The van der Waals surface area contributed by atoms with Crippen molar-refractivity contribution in [3.63, 3.8) is 0 Å². The third-order valence-corrected chi connectivity index (χ3v) is 4.41. The summed E-state index contributed by atoms with van der Waals surface area (Å²) in [5, 5.41) is 4.73. The Balaban J connectivity index is 1.65. The second-order valence-corrected chi connectivity index (χ2v) is 6.22. The fourth-order valence-corrected chi connectivity index (χ4v) is 3.09. The molecule has 0 saturated heterocycles. The summed E-state index contributed by atoms with van der Waals surface area (Å²) in [4.78, 5) is 30.3. The Morgan fingerprint density at radius 1 is 1.27 bits per heavy atom. The largest absolute Gasteiger partial charge is 0.459 e. The van der Waals surface area contributed by atoms with Crippen LogP contribution in [0.5, 0.6) is 0 Å². The van der Waals surface area contributed by atoms with Gasteiger partial charge in [0, 0.05) is 17.6 Å². The maximum atomic E-state index is 13.1. The number of nitrogens with zero attached hydrogens (tertiary/aromatic N) is 2. The van der Waals surface area contributed by atoms with E-state index in [0.717, 1.165) is 0 Å². The number of nitrogens with one attached hydrogen (secondary N) is 1. The van der Waals surface area contributed by atoms with Crippen LogP contribution in [0.15, 0.2) is 52.5 Å². The number of anilines is 2. The fraction of sp³-hybridized carbons (Fsp3) is 0.167. The monoisotopic (exact) mass is 373 g/mol. The van der Waals surface area contributed by atoms with Gasteiger partial charge in [0.1, 0.15) is 5.82 Å². The minimum absolute atomic E-state index is 0.0817. The molecule has 0 bridgehead atoms. The van der Waals surface area contributed by atoms with Crippen LogP contribution in [0, 0.1) is 5.82 Å². The highest BCUT2D eigenvalue weighted by Crippen LogP contribution is 2.20. The number of rotatable bonds is 6. The lowest BCUT2D eigenvalue weighted by Gasteiger charge is -2.20. The first-order valence-electron chi connectivity index (χ1n) is 7.92. The van der Waals surface area contributed by atoms with Gasteiger partial charge >= 0.3 is 0 Å². The van der Waals surface area contributed by atoms with E-state index in [1.807, 2.05) is 6.92 Å². The number of aromatic nitrogens is 1. The predicted octanol–water partition coefficient (Wildman–Crippen LogP) is 3.72. The first kappa shape index (κ1) is 17.8. The molecule has 2 aromatic heterocycles. The molecular formula is C18H16FN3O3S.